The number of likely N-dealkylation sites (tertiary alicyclic amines) is 1. The van der Waals surface area contributed by atoms with Crippen molar-refractivity contribution in [3.05, 3.63) is 29.3 Å². The molecule has 2 rings (SSSR count). The fraction of sp³-hybridized carbons (Fsp3) is 0.533. The molecule has 0 aliphatic carbocycles. The Morgan fingerprint density at radius 3 is 2.77 bits per heavy atom. The molecule has 1 aliphatic rings. The van der Waals surface area contributed by atoms with Crippen LogP contribution in [0, 0.1) is 0 Å². The highest BCUT2D eigenvalue weighted by Crippen LogP contribution is 2.20. The summed E-state index contributed by atoms with van der Waals surface area (Å²) in [6, 6.07) is 5.86. The molecule has 6 nitrogen and oxygen atoms in total. The number of halogens is 1. The fourth-order valence-electron chi connectivity index (χ4n) is 2.52. The van der Waals surface area contributed by atoms with E-state index in [0.29, 0.717) is 17.3 Å². The molecule has 1 atom stereocenters. The van der Waals surface area contributed by atoms with Crippen LogP contribution in [-0.4, -0.2) is 48.4 Å². The minimum atomic E-state index is -0.757. The van der Waals surface area contributed by atoms with Gasteiger partial charge in [-0.15, -0.1) is 0 Å². The van der Waals surface area contributed by atoms with Crippen LogP contribution >= 0.6 is 11.6 Å². The molecule has 0 radical (unpaired) electrons. The summed E-state index contributed by atoms with van der Waals surface area (Å²) in [7, 11) is 0. The number of piperidine rings is 1. The fourth-order valence-corrected chi connectivity index (χ4v) is 2.71. The van der Waals surface area contributed by atoms with E-state index >= 15 is 0 Å². The van der Waals surface area contributed by atoms with E-state index in [9.17, 15) is 9.90 Å². The van der Waals surface area contributed by atoms with Gasteiger partial charge in [-0.3, -0.25) is 4.84 Å². The van der Waals surface area contributed by atoms with E-state index in [2.05, 4.69) is 4.90 Å². The number of primary amides is 1. The van der Waals surface area contributed by atoms with Crippen molar-refractivity contribution in [2.24, 2.45) is 5.73 Å². The number of aliphatic hydroxyl groups is 1. The average Bonchev–Trinajstić information content (AvgIpc) is 2.48. The van der Waals surface area contributed by atoms with Gasteiger partial charge in [-0.05, 0) is 44.1 Å². The molecule has 1 unspecified atom stereocenters. The molecule has 2 amide bonds. The Labute approximate surface area is 135 Å². The summed E-state index contributed by atoms with van der Waals surface area (Å²) in [5.41, 5.74) is 5.75. The second kappa shape index (κ2) is 8.33. The smallest absolute Gasteiger partial charge is 0.343 e. The summed E-state index contributed by atoms with van der Waals surface area (Å²) in [4.78, 5) is 19.1. The number of nitrogens with two attached hydrogens (primary N) is 1. The van der Waals surface area contributed by atoms with Gasteiger partial charge in [0.15, 0.2) is 0 Å². The lowest BCUT2D eigenvalue weighted by atomic mass is 10.1. The number of hydroxylamine groups is 1. The number of carbonyl (C=O) groups excluding carboxylic acids is 1. The topological polar surface area (TPSA) is 79.0 Å². The first-order valence-corrected chi connectivity index (χ1v) is 7.82. The molecular formula is C15H22ClN3O3. The van der Waals surface area contributed by atoms with Gasteiger partial charge in [-0.1, -0.05) is 24.1 Å². The maximum Gasteiger partial charge on any atom is 0.343 e. The first-order valence-electron chi connectivity index (χ1n) is 7.44. The number of amides is 2. The van der Waals surface area contributed by atoms with Crippen molar-refractivity contribution in [2.75, 3.05) is 31.3 Å². The monoisotopic (exact) mass is 327 g/mol. The van der Waals surface area contributed by atoms with Gasteiger partial charge in [-0.2, -0.15) is 5.06 Å². The van der Waals surface area contributed by atoms with Crippen LogP contribution in [0.4, 0.5) is 10.5 Å². The van der Waals surface area contributed by atoms with Crippen LogP contribution in [0.25, 0.3) is 0 Å². The summed E-state index contributed by atoms with van der Waals surface area (Å²) in [5, 5.41) is 11.5. The summed E-state index contributed by atoms with van der Waals surface area (Å²) in [5.74, 6) is 0. The number of aliphatic hydroxyl groups excluding tert-OH is 1. The molecule has 1 saturated heterocycles. The van der Waals surface area contributed by atoms with Gasteiger partial charge in [0.1, 0.15) is 6.61 Å². The highest BCUT2D eigenvalue weighted by atomic mass is 35.5. The van der Waals surface area contributed by atoms with E-state index in [1.54, 1.807) is 24.3 Å². The van der Waals surface area contributed by atoms with E-state index in [1.165, 1.54) is 6.42 Å². The number of anilines is 1. The number of nitrogens with zero attached hydrogens (tertiary/aromatic N) is 2. The van der Waals surface area contributed by atoms with Crippen molar-refractivity contribution in [1.29, 1.82) is 0 Å². The molecule has 0 spiro atoms. The van der Waals surface area contributed by atoms with Gasteiger partial charge >= 0.3 is 6.03 Å². The SMILES string of the molecule is NC(=O)N(OCC(O)CN1CCCCC1)c1cccc(Cl)c1. The van der Waals surface area contributed by atoms with E-state index in [1.807, 2.05) is 0 Å². The van der Waals surface area contributed by atoms with Crippen LogP contribution in [0.1, 0.15) is 19.3 Å². The van der Waals surface area contributed by atoms with Crippen LogP contribution in [0.5, 0.6) is 0 Å². The largest absolute Gasteiger partial charge is 0.389 e. The Bertz CT molecular complexity index is 495. The summed E-state index contributed by atoms with van der Waals surface area (Å²) >= 11 is 5.89. The van der Waals surface area contributed by atoms with Crippen LogP contribution in [-0.2, 0) is 4.84 Å². The predicted octanol–water partition coefficient (Wildman–Crippen LogP) is 2.00. The van der Waals surface area contributed by atoms with Gasteiger partial charge in [0.05, 0.1) is 11.8 Å². The van der Waals surface area contributed by atoms with Crippen molar-refractivity contribution < 1.29 is 14.7 Å². The second-order valence-corrected chi connectivity index (χ2v) is 5.86. The summed E-state index contributed by atoms with van der Waals surface area (Å²) < 4.78 is 0. The van der Waals surface area contributed by atoms with Crippen molar-refractivity contribution in [3.8, 4) is 0 Å². The van der Waals surface area contributed by atoms with Gasteiger partial charge < -0.3 is 15.7 Å². The quantitative estimate of drug-likeness (QED) is 0.783. The Hall–Kier alpha value is -1.34. The molecule has 1 aliphatic heterocycles. The normalized spacial score (nSPS) is 17.2. The van der Waals surface area contributed by atoms with Gasteiger partial charge in [0, 0.05) is 11.6 Å². The number of hydrogen-bond acceptors (Lipinski definition) is 4. The lowest BCUT2D eigenvalue weighted by molar-refractivity contribution is 0.0116. The molecule has 1 aromatic carbocycles. The zero-order chi connectivity index (χ0) is 15.9. The molecule has 1 heterocycles. The standard InChI is InChI=1S/C15H22ClN3O3/c16-12-5-4-6-13(9-12)19(15(17)21)22-11-14(20)10-18-7-2-1-3-8-18/h4-6,9,14,20H,1-3,7-8,10-11H2,(H2,17,21). The minimum Gasteiger partial charge on any atom is -0.389 e. The maximum absolute atomic E-state index is 11.5. The van der Waals surface area contributed by atoms with Crippen LogP contribution in [0.15, 0.2) is 24.3 Å². The highest BCUT2D eigenvalue weighted by molar-refractivity contribution is 6.30. The highest BCUT2D eigenvalue weighted by Gasteiger charge is 2.19. The molecule has 1 fully saturated rings. The zero-order valence-electron chi connectivity index (χ0n) is 12.4. The number of carbonyl (C=O) groups is 1. The van der Waals surface area contributed by atoms with Gasteiger partial charge in [-0.25, -0.2) is 4.79 Å². The second-order valence-electron chi connectivity index (χ2n) is 5.42. The molecule has 22 heavy (non-hydrogen) atoms. The number of β-amino-alcohol motifs (C(OH)–C–C–N with tert-alkyl or cyclic N) is 1. The van der Waals surface area contributed by atoms with Gasteiger partial charge in [0.25, 0.3) is 0 Å². The Balaban J connectivity index is 1.87. The minimum absolute atomic E-state index is 0.00798. The molecule has 1 aromatic rings. The molecule has 122 valence electrons. The van der Waals surface area contributed by atoms with Crippen molar-refractivity contribution in [1.82, 2.24) is 4.90 Å². The Morgan fingerprint density at radius 2 is 2.14 bits per heavy atom. The third-order valence-corrected chi connectivity index (χ3v) is 3.79. The van der Waals surface area contributed by atoms with Crippen LogP contribution in [0.2, 0.25) is 5.02 Å². The zero-order valence-corrected chi connectivity index (χ0v) is 13.2. The van der Waals surface area contributed by atoms with Crippen molar-refractivity contribution in [3.63, 3.8) is 0 Å². The Morgan fingerprint density at radius 1 is 1.41 bits per heavy atom. The average molecular weight is 328 g/mol. The molecule has 0 saturated carbocycles. The first-order chi connectivity index (χ1) is 10.6. The Kier molecular flexibility index (Phi) is 6.45. The van der Waals surface area contributed by atoms with E-state index in [0.717, 1.165) is 31.0 Å². The van der Waals surface area contributed by atoms with E-state index < -0.39 is 12.1 Å². The number of benzene rings is 1. The molecule has 3 N–H and O–H groups in total. The molecule has 7 heteroatoms. The first kappa shape index (κ1) is 17.0. The van der Waals surface area contributed by atoms with Crippen molar-refractivity contribution in [2.45, 2.75) is 25.4 Å². The maximum atomic E-state index is 11.5. The number of urea groups is 1. The molecule has 0 bridgehead atoms. The van der Waals surface area contributed by atoms with E-state index in [-0.39, 0.29) is 6.61 Å². The van der Waals surface area contributed by atoms with Gasteiger partial charge in [0.2, 0.25) is 0 Å². The lowest BCUT2D eigenvalue weighted by Crippen LogP contribution is -2.42. The third kappa shape index (κ3) is 5.14. The number of hydrogen-bond donors (Lipinski definition) is 2. The molecular weight excluding hydrogens is 306 g/mol. The lowest BCUT2D eigenvalue weighted by Gasteiger charge is -2.29. The number of rotatable bonds is 6. The van der Waals surface area contributed by atoms with Crippen molar-refractivity contribution >= 4 is 23.3 Å². The molecule has 0 aromatic heterocycles. The summed E-state index contributed by atoms with van der Waals surface area (Å²) in [6.07, 6.45) is 2.87. The summed E-state index contributed by atoms with van der Waals surface area (Å²) in [6.45, 7) is 2.50. The van der Waals surface area contributed by atoms with Crippen LogP contribution < -0.4 is 10.8 Å². The van der Waals surface area contributed by atoms with E-state index in [4.69, 9.17) is 22.2 Å². The third-order valence-electron chi connectivity index (χ3n) is 3.56. The van der Waals surface area contributed by atoms with Crippen LogP contribution in [0.3, 0.4) is 0 Å². The predicted molar refractivity (Wildman–Crippen MR) is 85.8 cm³/mol.